The fourth-order valence-electron chi connectivity index (χ4n) is 11.8. The summed E-state index contributed by atoms with van der Waals surface area (Å²) in [7, 11) is -9.90. The Labute approximate surface area is 588 Å². The maximum absolute atomic E-state index is 13.1. The molecular formula is C77H150O17P2. The molecule has 5 atom stereocenters. The van der Waals surface area contributed by atoms with Crippen molar-refractivity contribution in [3.8, 4) is 0 Å². The molecule has 0 aliphatic heterocycles. The summed E-state index contributed by atoms with van der Waals surface area (Å²) in [6.45, 7) is 9.44. The molecule has 0 bridgehead atoms. The highest BCUT2D eigenvalue weighted by Crippen LogP contribution is 2.45. The third-order valence-corrected chi connectivity index (χ3v) is 19.9. The van der Waals surface area contributed by atoms with Crippen LogP contribution in [0.25, 0.3) is 0 Å². The zero-order valence-electron chi connectivity index (χ0n) is 62.7. The molecule has 0 saturated heterocycles. The summed E-state index contributed by atoms with van der Waals surface area (Å²) < 4.78 is 68.2. The first kappa shape index (κ1) is 94.1. The Bertz CT molecular complexity index is 1860. The molecule has 2 unspecified atom stereocenters. The molecule has 17 nitrogen and oxygen atoms in total. The van der Waals surface area contributed by atoms with E-state index in [0.717, 1.165) is 102 Å². The van der Waals surface area contributed by atoms with Gasteiger partial charge in [-0.1, -0.05) is 350 Å². The van der Waals surface area contributed by atoms with Gasteiger partial charge in [0.25, 0.3) is 0 Å². The van der Waals surface area contributed by atoms with Crippen LogP contribution in [-0.2, 0) is 65.4 Å². The van der Waals surface area contributed by atoms with Gasteiger partial charge in [-0.2, -0.15) is 0 Å². The van der Waals surface area contributed by atoms with Gasteiger partial charge in [0.1, 0.15) is 19.3 Å². The Morgan fingerprint density at radius 1 is 0.281 bits per heavy atom. The molecule has 0 aliphatic carbocycles. The topological polar surface area (TPSA) is 237 Å². The van der Waals surface area contributed by atoms with E-state index in [1.165, 1.54) is 212 Å². The summed E-state index contributed by atoms with van der Waals surface area (Å²) in [5.74, 6) is -0.643. The van der Waals surface area contributed by atoms with Gasteiger partial charge in [-0.15, -0.1) is 0 Å². The smallest absolute Gasteiger partial charge is 0.462 e. The number of hydrogen-bond donors (Lipinski definition) is 3. The van der Waals surface area contributed by atoms with Gasteiger partial charge in [0, 0.05) is 25.7 Å². The van der Waals surface area contributed by atoms with Gasteiger partial charge >= 0.3 is 39.5 Å². The highest BCUT2D eigenvalue weighted by Gasteiger charge is 2.30. The van der Waals surface area contributed by atoms with E-state index in [9.17, 15) is 43.2 Å². The van der Waals surface area contributed by atoms with Crippen LogP contribution in [0, 0.1) is 11.8 Å². The Kier molecular flexibility index (Phi) is 67.4. The fraction of sp³-hybridized carbons (Fsp3) is 0.948. The molecule has 0 aromatic heterocycles. The van der Waals surface area contributed by atoms with Crippen molar-refractivity contribution < 1.29 is 80.2 Å². The lowest BCUT2D eigenvalue weighted by atomic mass is 10.0. The van der Waals surface area contributed by atoms with Crippen molar-refractivity contribution in [2.45, 2.75) is 419 Å². The number of rotatable bonds is 76. The summed E-state index contributed by atoms with van der Waals surface area (Å²) in [5.41, 5.74) is 0. The molecule has 0 aromatic carbocycles. The first-order valence-electron chi connectivity index (χ1n) is 40.0. The second kappa shape index (κ2) is 68.8. The molecular weight excluding hydrogens is 1260 g/mol. The molecule has 0 aliphatic rings. The summed E-state index contributed by atoms with van der Waals surface area (Å²) >= 11 is 0. The van der Waals surface area contributed by atoms with E-state index in [2.05, 4.69) is 41.5 Å². The summed E-state index contributed by atoms with van der Waals surface area (Å²) in [4.78, 5) is 72.4. The Morgan fingerprint density at radius 3 is 0.708 bits per heavy atom. The number of ether oxygens (including phenoxy) is 4. The van der Waals surface area contributed by atoms with Crippen LogP contribution in [0.1, 0.15) is 401 Å². The van der Waals surface area contributed by atoms with Crippen LogP contribution in [0.2, 0.25) is 0 Å². The molecule has 0 amide bonds. The average Bonchev–Trinajstić information content (AvgIpc) is 1.46. The van der Waals surface area contributed by atoms with E-state index in [1.807, 2.05) is 0 Å². The SMILES string of the molecule is CCCCCCCCCCCCCCCCCCCCCCCC(=O)OC[C@H](COP(=O)(O)OC[C@@H](O)COP(=O)(O)OC[C@@H](COC(=O)CCCCCCC)OC(=O)CCCCCCCCC(C)C)OC(=O)CCCCCCCCCCCCCCCCCCCCC(C)C. The van der Waals surface area contributed by atoms with E-state index in [0.29, 0.717) is 31.6 Å². The number of phosphoric acid groups is 2. The van der Waals surface area contributed by atoms with Gasteiger partial charge in [-0.05, 0) is 37.5 Å². The standard InChI is InChI=1S/C77H150O17P2/c1-7-9-11-13-14-15-16-17-18-19-20-21-22-26-29-32-35-38-41-48-54-60-75(80)88-66-73(93-76(81)61-55-49-42-39-36-33-30-27-24-23-25-28-31-34-37-40-46-51-57-69(3)4)68-92-96(85,86)90-64-71(78)63-89-95(83,84)91-67-72(65-87-74(79)59-53-45-12-10-8-2)94-77(82)62-56-50-44-43-47-52-58-70(5)6/h69-73,78H,7-68H2,1-6H3,(H,83,84)(H,85,86)/t71-,72+,73+/m0/s1. The number of hydrogen-bond acceptors (Lipinski definition) is 15. The van der Waals surface area contributed by atoms with Gasteiger partial charge in [-0.25, -0.2) is 9.13 Å². The Morgan fingerprint density at radius 2 is 0.479 bits per heavy atom. The van der Waals surface area contributed by atoms with Crippen LogP contribution in [0.15, 0.2) is 0 Å². The van der Waals surface area contributed by atoms with Gasteiger partial charge in [0.2, 0.25) is 0 Å². The molecule has 0 radical (unpaired) electrons. The molecule has 3 N–H and O–H groups in total. The molecule has 0 saturated carbocycles. The van der Waals surface area contributed by atoms with Gasteiger partial charge < -0.3 is 33.8 Å². The van der Waals surface area contributed by atoms with E-state index >= 15 is 0 Å². The lowest BCUT2D eigenvalue weighted by Crippen LogP contribution is -2.30. The van der Waals surface area contributed by atoms with E-state index < -0.39 is 97.5 Å². The van der Waals surface area contributed by atoms with E-state index in [-0.39, 0.29) is 25.7 Å². The lowest BCUT2D eigenvalue weighted by Gasteiger charge is -2.21. The number of esters is 4. The van der Waals surface area contributed by atoms with Crippen LogP contribution in [-0.4, -0.2) is 96.7 Å². The largest absolute Gasteiger partial charge is 0.472 e. The molecule has 570 valence electrons. The first-order valence-corrected chi connectivity index (χ1v) is 43.0. The van der Waals surface area contributed by atoms with Crippen molar-refractivity contribution in [1.29, 1.82) is 0 Å². The summed E-state index contributed by atoms with van der Waals surface area (Å²) in [6.07, 6.45) is 57.8. The van der Waals surface area contributed by atoms with Crippen molar-refractivity contribution >= 4 is 39.5 Å². The molecule has 0 rings (SSSR count). The normalized spacial score (nSPS) is 14.0. The number of aliphatic hydroxyl groups is 1. The zero-order chi connectivity index (χ0) is 70.7. The monoisotopic (exact) mass is 1410 g/mol. The van der Waals surface area contributed by atoms with E-state index in [4.69, 9.17) is 37.0 Å². The predicted molar refractivity (Wildman–Crippen MR) is 391 cm³/mol. The van der Waals surface area contributed by atoms with Gasteiger partial charge in [0.05, 0.1) is 26.4 Å². The van der Waals surface area contributed by atoms with Crippen LogP contribution in [0.4, 0.5) is 0 Å². The number of carbonyl (C=O) groups is 4. The minimum absolute atomic E-state index is 0.101. The molecule has 0 heterocycles. The minimum atomic E-state index is -4.96. The van der Waals surface area contributed by atoms with Crippen molar-refractivity contribution in [3.63, 3.8) is 0 Å². The van der Waals surface area contributed by atoms with Crippen molar-refractivity contribution in [2.24, 2.45) is 11.8 Å². The third kappa shape index (κ3) is 70.5. The zero-order valence-corrected chi connectivity index (χ0v) is 64.5. The second-order valence-corrected chi connectivity index (χ2v) is 31.6. The van der Waals surface area contributed by atoms with Crippen molar-refractivity contribution in [1.82, 2.24) is 0 Å². The van der Waals surface area contributed by atoms with Crippen molar-refractivity contribution in [2.75, 3.05) is 39.6 Å². The van der Waals surface area contributed by atoms with E-state index in [1.54, 1.807) is 0 Å². The number of carbonyl (C=O) groups excluding carboxylic acids is 4. The van der Waals surface area contributed by atoms with Gasteiger partial charge in [-0.3, -0.25) is 37.3 Å². The average molecular weight is 1410 g/mol. The molecule has 0 aromatic rings. The van der Waals surface area contributed by atoms with Crippen LogP contribution < -0.4 is 0 Å². The second-order valence-electron chi connectivity index (χ2n) is 28.7. The van der Waals surface area contributed by atoms with Crippen LogP contribution in [0.3, 0.4) is 0 Å². The molecule has 96 heavy (non-hydrogen) atoms. The maximum atomic E-state index is 13.1. The third-order valence-electron chi connectivity index (χ3n) is 18.0. The molecule has 0 spiro atoms. The highest BCUT2D eigenvalue weighted by atomic mass is 31.2. The predicted octanol–water partition coefficient (Wildman–Crippen LogP) is 22.7. The van der Waals surface area contributed by atoms with Crippen LogP contribution in [0.5, 0.6) is 0 Å². The fourth-order valence-corrected chi connectivity index (χ4v) is 13.4. The maximum Gasteiger partial charge on any atom is 0.472 e. The highest BCUT2D eigenvalue weighted by molar-refractivity contribution is 7.47. The molecule has 19 heteroatoms. The number of unbranched alkanes of at least 4 members (excludes halogenated alkanes) is 46. The summed E-state index contributed by atoms with van der Waals surface area (Å²) in [6, 6.07) is 0. The summed E-state index contributed by atoms with van der Waals surface area (Å²) in [5, 5.41) is 10.6. The minimum Gasteiger partial charge on any atom is -0.462 e. The number of aliphatic hydroxyl groups excluding tert-OH is 1. The first-order chi connectivity index (χ1) is 46.4. The van der Waals surface area contributed by atoms with Crippen LogP contribution >= 0.6 is 15.6 Å². The number of phosphoric ester groups is 2. The Hall–Kier alpha value is -1.94. The Balaban J connectivity index is 5.08. The quantitative estimate of drug-likeness (QED) is 0.0222. The lowest BCUT2D eigenvalue weighted by molar-refractivity contribution is -0.161. The van der Waals surface area contributed by atoms with Crippen molar-refractivity contribution in [3.05, 3.63) is 0 Å². The van der Waals surface area contributed by atoms with Gasteiger partial charge in [0.15, 0.2) is 12.2 Å². The molecule has 0 fully saturated rings.